The SMILES string of the molecule is CCC(C)(CO)CNCc1nccn1C. The highest BCUT2D eigenvalue weighted by atomic mass is 16.3. The van der Waals surface area contributed by atoms with E-state index in [-0.39, 0.29) is 12.0 Å². The van der Waals surface area contributed by atoms with E-state index in [0.717, 1.165) is 25.3 Å². The van der Waals surface area contributed by atoms with Gasteiger partial charge in [-0.25, -0.2) is 4.98 Å². The molecule has 0 aromatic carbocycles. The minimum Gasteiger partial charge on any atom is -0.396 e. The van der Waals surface area contributed by atoms with Gasteiger partial charge >= 0.3 is 0 Å². The van der Waals surface area contributed by atoms with E-state index >= 15 is 0 Å². The summed E-state index contributed by atoms with van der Waals surface area (Å²) in [6.07, 6.45) is 4.70. The molecule has 1 aromatic heterocycles. The van der Waals surface area contributed by atoms with E-state index in [0.29, 0.717) is 0 Å². The molecule has 1 aromatic rings. The van der Waals surface area contributed by atoms with E-state index in [1.807, 2.05) is 17.8 Å². The summed E-state index contributed by atoms with van der Waals surface area (Å²) in [5.41, 5.74) is -0.0227. The zero-order chi connectivity index (χ0) is 11.3. The number of hydrogen-bond acceptors (Lipinski definition) is 3. The van der Waals surface area contributed by atoms with Crippen LogP contribution in [0.25, 0.3) is 0 Å². The third-order valence-electron chi connectivity index (χ3n) is 2.99. The highest BCUT2D eigenvalue weighted by Gasteiger charge is 2.20. The summed E-state index contributed by atoms with van der Waals surface area (Å²) >= 11 is 0. The third-order valence-corrected chi connectivity index (χ3v) is 2.99. The van der Waals surface area contributed by atoms with Crippen LogP contribution in [0.4, 0.5) is 0 Å². The number of nitrogens with zero attached hydrogens (tertiary/aromatic N) is 2. The molecule has 0 saturated carbocycles. The van der Waals surface area contributed by atoms with Gasteiger partial charge in [0.25, 0.3) is 0 Å². The van der Waals surface area contributed by atoms with Crippen LogP contribution in [-0.2, 0) is 13.6 Å². The van der Waals surface area contributed by atoms with Gasteiger partial charge in [0.15, 0.2) is 0 Å². The molecule has 86 valence electrons. The Balaban J connectivity index is 2.36. The standard InChI is InChI=1S/C11H21N3O/c1-4-11(2,9-15)8-12-7-10-13-5-6-14(10)3/h5-6,12,15H,4,7-9H2,1-3H3. The second-order valence-corrected chi connectivity index (χ2v) is 4.38. The maximum atomic E-state index is 9.24. The second-order valence-electron chi connectivity index (χ2n) is 4.38. The van der Waals surface area contributed by atoms with E-state index in [1.165, 1.54) is 0 Å². The lowest BCUT2D eigenvalue weighted by Crippen LogP contribution is -2.34. The topological polar surface area (TPSA) is 50.1 Å². The van der Waals surface area contributed by atoms with Crippen molar-refractivity contribution in [2.45, 2.75) is 26.8 Å². The second kappa shape index (κ2) is 5.28. The van der Waals surface area contributed by atoms with Crippen molar-refractivity contribution in [1.82, 2.24) is 14.9 Å². The maximum Gasteiger partial charge on any atom is 0.122 e. The van der Waals surface area contributed by atoms with E-state index in [1.54, 1.807) is 6.20 Å². The summed E-state index contributed by atoms with van der Waals surface area (Å²) in [5.74, 6) is 1.02. The third kappa shape index (κ3) is 3.32. The first-order chi connectivity index (χ1) is 7.11. The summed E-state index contributed by atoms with van der Waals surface area (Å²) in [6.45, 7) is 5.96. The van der Waals surface area contributed by atoms with Crippen LogP contribution in [0.2, 0.25) is 0 Å². The van der Waals surface area contributed by atoms with E-state index in [9.17, 15) is 5.11 Å². The Morgan fingerprint density at radius 1 is 1.60 bits per heavy atom. The Hall–Kier alpha value is -0.870. The molecule has 4 nitrogen and oxygen atoms in total. The van der Waals surface area contributed by atoms with Gasteiger partial charge in [-0.1, -0.05) is 13.8 Å². The zero-order valence-electron chi connectivity index (χ0n) is 9.82. The Morgan fingerprint density at radius 2 is 2.33 bits per heavy atom. The smallest absolute Gasteiger partial charge is 0.122 e. The monoisotopic (exact) mass is 211 g/mol. The molecule has 0 saturated heterocycles. The van der Waals surface area contributed by atoms with Crippen molar-refractivity contribution in [3.8, 4) is 0 Å². The van der Waals surface area contributed by atoms with Crippen LogP contribution >= 0.6 is 0 Å². The largest absolute Gasteiger partial charge is 0.396 e. The van der Waals surface area contributed by atoms with E-state index < -0.39 is 0 Å². The molecule has 2 N–H and O–H groups in total. The van der Waals surface area contributed by atoms with Crippen LogP contribution in [0.5, 0.6) is 0 Å². The van der Waals surface area contributed by atoms with Crippen molar-refractivity contribution in [2.24, 2.45) is 12.5 Å². The molecule has 0 aliphatic carbocycles. The molecular weight excluding hydrogens is 190 g/mol. The Bertz CT molecular complexity index is 292. The summed E-state index contributed by atoms with van der Waals surface area (Å²) in [6, 6.07) is 0. The molecule has 0 spiro atoms. The zero-order valence-corrected chi connectivity index (χ0v) is 9.82. The molecule has 0 amide bonds. The summed E-state index contributed by atoms with van der Waals surface area (Å²) in [5, 5.41) is 12.6. The number of imidazole rings is 1. The fraction of sp³-hybridized carbons (Fsp3) is 0.727. The normalized spacial score (nSPS) is 15.2. The van der Waals surface area contributed by atoms with Crippen LogP contribution in [0.15, 0.2) is 12.4 Å². The number of rotatable bonds is 6. The lowest BCUT2D eigenvalue weighted by atomic mass is 9.89. The van der Waals surface area contributed by atoms with Gasteiger partial charge in [-0.3, -0.25) is 0 Å². The predicted octanol–water partition coefficient (Wildman–Crippen LogP) is 0.918. The molecule has 1 atom stereocenters. The van der Waals surface area contributed by atoms with Crippen LogP contribution in [0.3, 0.4) is 0 Å². The van der Waals surface area contributed by atoms with Gasteiger partial charge in [0.05, 0.1) is 6.54 Å². The van der Waals surface area contributed by atoms with Crippen molar-refractivity contribution in [1.29, 1.82) is 0 Å². The average molecular weight is 211 g/mol. The number of hydrogen-bond donors (Lipinski definition) is 2. The number of aryl methyl sites for hydroxylation is 1. The molecule has 1 rings (SSSR count). The van der Waals surface area contributed by atoms with Gasteiger partial charge in [0.2, 0.25) is 0 Å². The molecule has 1 heterocycles. The first kappa shape index (κ1) is 12.2. The highest BCUT2D eigenvalue weighted by molar-refractivity contribution is 4.90. The van der Waals surface area contributed by atoms with Gasteiger partial charge in [0, 0.05) is 38.0 Å². The quantitative estimate of drug-likeness (QED) is 0.735. The first-order valence-electron chi connectivity index (χ1n) is 5.39. The minimum absolute atomic E-state index is 0.0227. The van der Waals surface area contributed by atoms with Crippen molar-refractivity contribution >= 4 is 0 Å². The van der Waals surface area contributed by atoms with Gasteiger partial charge in [-0.05, 0) is 6.42 Å². The van der Waals surface area contributed by atoms with Crippen LogP contribution < -0.4 is 5.32 Å². The average Bonchev–Trinajstić information content (AvgIpc) is 2.64. The number of aliphatic hydroxyl groups excluding tert-OH is 1. The number of nitrogens with one attached hydrogen (secondary N) is 1. The van der Waals surface area contributed by atoms with Crippen molar-refractivity contribution in [3.63, 3.8) is 0 Å². The predicted molar refractivity (Wildman–Crippen MR) is 60.4 cm³/mol. The number of aromatic nitrogens is 2. The van der Waals surface area contributed by atoms with Crippen molar-refractivity contribution in [3.05, 3.63) is 18.2 Å². The molecule has 0 aliphatic rings. The number of aliphatic hydroxyl groups is 1. The lowest BCUT2D eigenvalue weighted by molar-refractivity contribution is 0.135. The van der Waals surface area contributed by atoms with Crippen molar-refractivity contribution in [2.75, 3.05) is 13.2 Å². The van der Waals surface area contributed by atoms with Gasteiger partial charge in [-0.2, -0.15) is 0 Å². The van der Waals surface area contributed by atoms with Gasteiger partial charge in [-0.15, -0.1) is 0 Å². The lowest BCUT2D eigenvalue weighted by Gasteiger charge is -2.25. The van der Waals surface area contributed by atoms with Crippen LogP contribution in [0, 0.1) is 5.41 Å². The first-order valence-corrected chi connectivity index (χ1v) is 5.39. The molecule has 15 heavy (non-hydrogen) atoms. The van der Waals surface area contributed by atoms with Gasteiger partial charge < -0.3 is 15.0 Å². The summed E-state index contributed by atoms with van der Waals surface area (Å²) in [4.78, 5) is 4.22. The maximum absolute atomic E-state index is 9.24. The minimum atomic E-state index is -0.0227. The van der Waals surface area contributed by atoms with Crippen LogP contribution in [0.1, 0.15) is 26.1 Å². The summed E-state index contributed by atoms with van der Waals surface area (Å²) in [7, 11) is 1.98. The molecular formula is C11H21N3O. The molecule has 0 fully saturated rings. The van der Waals surface area contributed by atoms with Crippen molar-refractivity contribution < 1.29 is 5.11 Å². The molecule has 0 radical (unpaired) electrons. The Labute approximate surface area is 91.3 Å². The van der Waals surface area contributed by atoms with Gasteiger partial charge in [0.1, 0.15) is 5.82 Å². The molecule has 0 aliphatic heterocycles. The Morgan fingerprint density at radius 3 is 2.80 bits per heavy atom. The molecule has 0 bridgehead atoms. The highest BCUT2D eigenvalue weighted by Crippen LogP contribution is 2.18. The fourth-order valence-electron chi connectivity index (χ4n) is 1.34. The van der Waals surface area contributed by atoms with Crippen LogP contribution in [-0.4, -0.2) is 27.8 Å². The fourth-order valence-corrected chi connectivity index (χ4v) is 1.34. The summed E-state index contributed by atoms with van der Waals surface area (Å²) < 4.78 is 2.00. The molecule has 1 unspecified atom stereocenters. The van der Waals surface area contributed by atoms with E-state index in [4.69, 9.17) is 0 Å². The Kier molecular flexibility index (Phi) is 4.29. The van der Waals surface area contributed by atoms with E-state index in [2.05, 4.69) is 24.1 Å². The molecule has 4 heteroatoms.